The highest BCUT2D eigenvalue weighted by atomic mass is 16.4. The summed E-state index contributed by atoms with van der Waals surface area (Å²) in [7, 11) is 0. The van der Waals surface area contributed by atoms with E-state index in [9.17, 15) is 4.79 Å². The molecule has 1 aromatic heterocycles. The molecule has 23 heavy (non-hydrogen) atoms. The van der Waals surface area contributed by atoms with Gasteiger partial charge < -0.3 is 9.67 Å². The summed E-state index contributed by atoms with van der Waals surface area (Å²) in [6.45, 7) is 0. The third-order valence-electron chi connectivity index (χ3n) is 3.18. The molecule has 1 aromatic rings. The number of nitrogens with one attached hydrogen (secondary N) is 1. The number of nitrogens with zero attached hydrogens (tertiary/aromatic N) is 2. The molecule has 0 spiro atoms. The lowest BCUT2D eigenvalue weighted by Gasteiger charge is -2.04. The second-order valence-corrected chi connectivity index (χ2v) is 4.89. The Morgan fingerprint density at radius 2 is 2.00 bits per heavy atom. The van der Waals surface area contributed by atoms with E-state index >= 15 is 0 Å². The topological polar surface area (TPSA) is 66.6 Å². The van der Waals surface area contributed by atoms with Crippen LogP contribution in [0.15, 0.2) is 88.9 Å². The van der Waals surface area contributed by atoms with Crippen LogP contribution in [0.25, 0.3) is 6.20 Å². The van der Waals surface area contributed by atoms with E-state index in [0.717, 1.165) is 17.0 Å². The smallest absolute Gasteiger partial charge is 0.409 e. The molecule has 3 rings (SSSR count). The van der Waals surface area contributed by atoms with Crippen molar-refractivity contribution in [1.82, 2.24) is 9.88 Å². The predicted molar refractivity (Wildman–Crippen MR) is 91.0 cm³/mol. The Bertz CT molecular complexity index is 830. The summed E-state index contributed by atoms with van der Waals surface area (Å²) in [5.41, 5.74) is 3.37. The molecule has 2 aliphatic rings. The molecule has 5 nitrogen and oxygen atoms in total. The van der Waals surface area contributed by atoms with Gasteiger partial charge in [-0.15, -0.1) is 0 Å². The molecule has 0 radical (unpaired) electrons. The maximum atomic E-state index is 10.9. The second kappa shape index (κ2) is 6.62. The van der Waals surface area contributed by atoms with Gasteiger partial charge in [-0.1, -0.05) is 36.5 Å². The fraction of sp³-hybridized carbons (Fsp3) is 0. The Labute approximate surface area is 133 Å². The van der Waals surface area contributed by atoms with Crippen LogP contribution in [0.1, 0.15) is 5.69 Å². The zero-order valence-electron chi connectivity index (χ0n) is 12.3. The number of hydrogen-bond acceptors (Lipinski definition) is 2. The van der Waals surface area contributed by atoms with Gasteiger partial charge in [-0.25, -0.2) is 4.79 Å². The molecule has 0 bridgehead atoms. The number of fused-ring (bicyclic) bond motifs is 2. The van der Waals surface area contributed by atoms with Crippen LogP contribution in [0.2, 0.25) is 0 Å². The summed E-state index contributed by atoms with van der Waals surface area (Å²) in [4.78, 5) is 15.3. The average Bonchev–Trinajstić information content (AvgIpc) is 3.11. The lowest BCUT2D eigenvalue weighted by atomic mass is 10.3. The van der Waals surface area contributed by atoms with Crippen LogP contribution < -0.4 is 5.32 Å². The first kappa shape index (κ1) is 14.6. The molecule has 2 heterocycles. The third-order valence-corrected chi connectivity index (χ3v) is 3.18. The molecule has 2 N–H and O–H groups in total. The fourth-order valence-corrected chi connectivity index (χ4v) is 2.03. The fourth-order valence-electron chi connectivity index (χ4n) is 2.03. The van der Waals surface area contributed by atoms with Gasteiger partial charge in [0.25, 0.3) is 0 Å². The number of rotatable bonds is 1. The lowest BCUT2D eigenvalue weighted by Crippen LogP contribution is -2.19. The van der Waals surface area contributed by atoms with Crippen LogP contribution in [0.5, 0.6) is 0 Å². The van der Waals surface area contributed by atoms with Crippen molar-refractivity contribution in [3.63, 3.8) is 0 Å². The Balaban J connectivity index is 1.96. The van der Waals surface area contributed by atoms with Crippen LogP contribution in [-0.4, -0.2) is 22.0 Å². The molecule has 0 unspecified atom stereocenters. The molecule has 0 saturated carbocycles. The van der Waals surface area contributed by atoms with Gasteiger partial charge in [-0.3, -0.25) is 10.3 Å². The summed E-state index contributed by atoms with van der Waals surface area (Å²) in [6.07, 6.45) is 19.2. The SMILES string of the molecule is O=C(O)NC1=Cn2cccc2C=NC2=CC2=CC=CC=CC=C1. The van der Waals surface area contributed by atoms with Crippen molar-refractivity contribution in [2.45, 2.75) is 0 Å². The number of amides is 1. The first-order valence-corrected chi connectivity index (χ1v) is 7.09. The standard InChI is InChI=1S/C18H15N3O2/c22-18(23)20-15-8-5-3-1-2-4-7-14-11-17(14)19-12-16-9-6-10-21(16)13-15/h1-13,20H,(H,22,23). The van der Waals surface area contributed by atoms with Gasteiger partial charge >= 0.3 is 6.09 Å². The van der Waals surface area contributed by atoms with Crippen LogP contribution >= 0.6 is 0 Å². The zero-order chi connectivity index (χ0) is 16.1. The van der Waals surface area contributed by atoms with Crippen molar-refractivity contribution in [2.75, 3.05) is 0 Å². The van der Waals surface area contributed by atoms with Crippen molar-refractivity contribution in [1.29, 1.82) is 0 Å². The van der Waals surface area contributed by atoms with Gasteiger partial charge in [0.1, 0.15) is 0 Å². The first-order valence-electron chi connectivity index (χ1n) is 7.09. The predicted octanol–water partition coefficient (Wildman–Crippen LogP) is 3.48. The number of allylic oxidation sites excluding steroid dienone is 9. The molecule has 1 aliphatic carbocycles. The maximum Gasteiger partial charge on any atom is 0.409 e. The summed E-state index contributed by atoms with van der Waals surface area (Å²) in [5.74, 6) is 0. The molecular formula is C18H15N3O2. The monoisotopic (exact) mass is 305 g/mol. The third kappa shape index (κ3) is 4.07. The van der Waals surface area contributed by atoms with Gasteiger partial charge in [-0.2, -0.15) is 0 Å². The van der Waals surface area contributed by atoms with E-state index in [1.807, 2.05) is 59.4 Å². The number of aliphatic imine (C=N–C) groups is 1. The Kier molecular flexibility index (Phi) is 4.20. The van der Waals surface area contributed by atoms with Crippen LogP contribution in [0.4, 0.5) is 4.79 Å². The van der Waals surface area contributed by atoms with E-state index in [0.29, 0.717) is 5.70 Å². The molecule has 0 fully saturated rings. The minimum Gasteiger partial charge on any atom is -0.465 e. The van der Waals surface area contributed by atoms with Gasteiger partial charge in [0.05, 0.1) is 23.3 Å². The summed E-state index contributed by atoms with van der Waals surface area (Å²) >= 11 is 0. The number of carboxylic acid groups (broad SMARTS) is 1. The highest BCUT2D eigenvalue weighted by Gasteiger charge is 2.13. The highest BCUT2D eigenvalue weighted by molar-refractivity contribution is 5.82. The van der Waals surface area contributed by atoms with Crippen LogP contribution in [0.3, 0.4) is 0 Å². The molecule has 5 heteroatoms. The summed E-state index contributed by atoms with van der Waals surface area (Å²) < 4.78 is 1.81. The summed E-state index contributed by atoms with van der Waals surface area (Å²) in [5, 5.41) is 11.3. The van der Waals surface area contributed by atoms with Crippen molar-refractivity contribution >= 4 is 18.5 Å². The molecule has 114 valence electrons. The van der Waals surface area contributed by atoms with E-state index in [1.54, 1.807) is 24.6 Å². The van der Waals surface area contributed by atoms with E-state index < -0.39 is 6.09 Å². The molecule has 0 aromatic carbocycles. The van der Waals surface area contributed by atoms with E-state index in [4.69, 9.17) is 5.11 Å². The van der Waals surface area contributed by atoms with Gasteiger partial charge in [0.2, 0.25) is 0 Å². The largest absolute Gasteiger partial charge is 0.465 e. The van der Waals surface area contributed by atoms with Gasteiger partial charge in [0.15, 0.2) is 0 Å². The average molecular weight is 305 g/mol. The highest BCUT2D eigenvalue weighted by Crippen LogP contribution is 2.28. The molecule has 0 saturated heterocycles. The zero-order valence-corrected chi connectivity index (χ0v) is 12.3. The summed E-state index contributed by atoms with van der Waals surface area (Å²) in [6, 6.07) is 3.79. The lowest BCUT2D eigenvalue weighted by molar-refractivity contribution is 0.198. The molecular weight excluding hydrogens is 290 g/mol. The number of carbonyl (C=O) groups is 1. The van der Waals surface area contributed by atoms with Crippen molar-refractivity contribution in [3.8, 4) is 0 Å². The van der Waals surface area contributed by atoms with Crippen LogP contribution in [-0.2, 0) is 0 Å². The first-order chi connectivity index (χ1) is 11.2. The normalized spacial score (nSPS) is 16.3. The Hall–Kier alpha value is -3.34. The van der Waals surface area contributed by atoms with Crippen molar-refractivity contribution in [2.24, 2.45) is 4.99 Å². The van der Waals surface area contributed by atoms with Gasteiger partial charge in [0, 0.05) is 18.0 Å². The molecule has 1 amide bonds. The van der Waals surface area contributed by atoms with Crippen molar-refractivity contribution in [3.05, 3.63) is 89.6 Å². The van der Waals surface area contributed by atoms with Crippen LogP contribution in [0, 0.1) is 0 Å². The number of hydrogen-bond donors (Lipinski definition) is 2. The maximum absolute atomic E-state index is 10.9. The second-order valence-electron chi connectivity index (χ2n) is 4.89. The van der Waals surface area contributed by atoms with E-state index in [2.05, 4.69) is 10.3 Å². The minimum atomic E-state index is -1.11. The van der Waals surface area contributed by atoms with Gasteiger partial charge in [-0.05, 0) is 24.3 Å². The molecule has 1 aliphatic heterocycles. The number of aromatic nitrogens is 1. The van der Waals surface area contributed by atoms with Crippen molar-refractivity contribution < 1.29 is 9.90 Å². The Morgan fingerprint density at radius 1 is 1.17 bits per heavy atom. The Morgan fingerprint density at radius 3 is 2.87 bits per heavy atom. The van der Waals surface area contributed by atoms with E-state index in [1.165, 1.54) is 0 Å². The quantitative estimate of drug-likeness (QED) is 0.834. The minimum absolute atomic E-state index is 0.455. The van der Waals surface area contributed by atoms with E-state index in [-0.39, 0.29) is 0 Å². The molecule has 0 atom stereocenters.